The van der Waals surface area contributed by atoms with E-state index in [-0.39, 0.29) is 0 Å². The number of hydrogen-bond acceptors (Lipinski definition) is 2. The molecule has 0 aliphatic heterocycles. The van der Waals surface area contributed by atoms with E-state index in [1.807, 2.05) is 11.8 Å². The van der Waals surface area contributed by atoms with Crippen LogP contribution in [0.1, 0.15) is 48.6 Å². The maximum absolute atomic E-state index is 3.72. The molecule has 0 amide bonds. The number of rotatable bonds is 6. The largest absolute Gasteiger partial charge is 0.308 e. The molecular weight excluding hydrogens is 238 g/mol. The van der Waals surface area contributed by atoms with E-state index in [2.05, 4.69) is 58.3 Å². The minimum absolute atomic E-state index is 0.433. The van der Waals surface area contributed by atoms with Crippen LogP contribution in [0, 0.1) is 20.8 Å². The van der Waals surface area contributed by atoms with Gasteiger partial charge in [-0.1, -0.05) is 17.7 Å². The highest BCUT2D eigenvalue weighted by Gasteiger charge is 2.13. The first-order chi connectivity index (χ1) is 8.45. The Morgan fingerprint density at radius 3 is 2.17 bits per heavy atom. The van der Waals surface area contributed by atoms with Gasteiger partial charge >= 0.3 is 0 Å². The molecule has 2 unspecified atom stereocenters. The van der Waals surface area contributed by atoms with Crippen molar-refractivity contribution in [2.24, 2.45) is 0 Å². The lowest BCUT2D eigenvalue weighted by Gasteiger charge is -2.23. The van der Waals surface area contributed by atoms with E-state index in [4.69, 9.17) is 0 Å². The summed E-state index contributed by atoms with van der Waals surface area (Å²) in [7, 11) is 0. The Morgan fingerprint density at radius 2 is 1.67 bits per heavy atom. The third kappa shape index (κ3) is 4.33. The van der Waals surface area contributed by atoms with Crippen molar-refractivity contribution in [3.63, 3.8) is 0 Å². The molecule has 0 fully saturated rings. The normalized spacial score (nSPS) is 14.6. The minimum Gasteiger partial charge on any atom is -0.308 e. The summed E-state index contributed by atoms with van der Waals surface area (Å²) in [4.78, 5) is 0. The molecule has 0 saturated carbocycles. The maximum Gasteiger partial charge on any atom is 0.0299 e. The van der Waals surface area contributed by atoms with Crippen molar-refractivity contribution in [2.75, 3.05) is 12.0 Å². The first kappa shape index (κ1) is 15.6. The second-order valence-electron chi connectivity index (χ2n) is 5.38. The number of aryl methyl sites for hydroxylation is 3. The minimum atomic E-state index is 0.433. The molecule has 0 aromatic heterocycles. The van der Waals surface area contributed by atoms with Gasteiger partial charge in [-0.3, -0.25) is 0 Å². The Kier molecular flexibility index (Phi) is 6.24. The van der Waals surface area contributed by atoms with Crippen LogP contribution in [0.5, 0.6) is 0 Å². The molecule has 1 aromatic carbocycles. The van der Waals surface area contributed by atoms with E-state index >= 15 is 0 Å². The van der Waals surface area contributed by atoms with Gasteiger partial charge in [0.25, 0.3) is 0 Å². The molecule has 1 nitrogen and oxygen atoms in total. The predicted molar refractivity (Wildman–Crippen MR) is 84.7 cm³/mol. The molecule has 1 N–H and O–H groups in total. The molecule has 0 aliphatic rings. The van der Waals surface area contributed by atoms with Crippen LogP contribution in [-0.2, 0) is 0 Å². The van der Waals surface area contributed by atoms with Crippen LogP contribution < -0.4 is 5.32 Å². The van der Waals surface area contributed by atoms with Gasteiger partial charge in [0, 0.05) is 12.1 Å². The van der Waals surface area contributed by atoms with E-state index in [1.54, 1.807) is 0 Å². The van der Waals surface area contributed by atoms with E-state index in [1.165, 1.54) is 34.4 Å². The van der Waals surface area contributed by atoms with Crippen molar-refractivity contribution in [1.29, 1.82) is 0 Å². The van der Waals surface area contributed by atoms with Crippen molar-refractivity contribution in [3.8, 4) is 0 Å². The monoisotopic (exact) mass is 265 g/mol. The molecule has 0 spiro atoms. The van der Waals surface area contributed by atoms with Crippen molar-refractivity contribution in [2.45, 2.75) is 53.1 Å². The number of nitrogens with one attached hydrogen (secondary N) is 1. The maximum atomic E-state index is 3.72. The third-order valence-electron chi connectivity index (χ3n) is 3.46. The Balaban J connectivity index is 2.75. The fourth-order valence-electron chi connectivity index (χ4n) is 2.76. The second-order valence-corrected chi connectivity index (χ2v) is 6.37. The summed E-state index contributed by atoms with van der Waals surface area (Å²) in [6.07, 6.45) is 3.40. The van der Waals surface area contributed by atoms with Gasteiger partial charge in [0.2, 0.25) is 0 Å². The van der Waals surface area contributed by atoms with E-state index < -0.39 is 0 Å². The van der Waals surface area contributed by atoms with Crippen LogP contribution in [0.3, 0.4) is 0 Å². The van der Waals surface area contributed by atoms with Gasteiger partial charge in [0.15, 0.2) is 0 Å². The van der Waals surface area contributed by atoms with Gasteiger partial charge in [-0.05, 0) is 69.7 Å². The van der Waals surface area contributed by atoms with Crippen molar-refractivity contribution < 1.29 is 0 Å². The summed E-state index contributed by atoms with van der Waals surface area (Å²) in [5, 5.41) is 3.72. The molecule has 1 aromatic rings. The van der Waals surface area contributed by atoms with Gasteiger partial charge in [0.1, 0.15) is 0 Å². The molecule has 2 atom stereocenters. The first-order valence-corrected chi connectivity index (χ1v) is 8.17. The molecule has 0 aliphatic carbocycles. The van der Waals surface area contributed by atoms with E-state index in [0.717, 1.165) is 0 Å². The van der Waals surface area contributed by atoms with Crippen molar-refractivity contribution in [3.05, 3.63) is 34.4 Å². The van der Waals surface area contributed by atoms with Gasteiger partial charge in [-0.25, -0.2) is 0 Å². The lowest BCUT2D eigenvalue weighted by molar-refractivity contribution is 0.469. The second kappa shape index (κ2) is 7.20. The fraction of sp³-hybridized carbons (Fsp3) is 0.625. The fourth-order valence-corrected chi connectivity index (χ4v) is 3.35. The molecule has 1 rings (SSSR count). The summed E-state index contributed by atoms with van der Waals surface area (Å²) in [6.45, 7) is 11.2. The Hall–Kier alpha value is -0.470. The van der Waals surface area contributed by atoms with Gasteiger partial charge in [0.05, 0.1) is 0 Å². The Morgan fingerprint density at radius 1 is 1.11 bits per heavy atom. The summed E-state index contributed by atoms with van der Waals surface area (Å²) in [6, 6.07) is 5.58. The molecule has 0 bridgehead atoms. The van der Waals surface area contributed by atoms with Crippen LogP contribution in [0.2, 0.25) is 0 Å². The highest BCUT2D eigenvalue weighted by Crippen LogP contribution is 2.24. The zero-order valence-electron chi connectivity index (χ0n) is 12.6. The summed E-state index contributed by atoms with van der Waals surface area (Å²) >= 11 is 1.92. The quantitative estimate of drug-likeness (QED) is 0.818. The van der Waals surface area contributed by atoms with Crippen LogP contribution in [0.25, 0.3) is 0 Å². The number of benzene rings is 1. The SMILES string of the molecule is CSCCC(C)NC(C)c1c(C)cc(C)cc1C. The molecule has 102 valence electrons. The van der Waals surface area contributed by atoms with Crippen LogP contribution in [0.4, 0.5) is 0 Å². The van der Waals surface area contributed by atoms with Crippen molar-refractivity contribution in [1.82, 2.24) is 5.32 Å². The van der Waals surface area contributed by atoms with Crippen LogP contribution >= 0.6 is 11.8 Å². The van der Waals surface area contributed by atoms with Crippen LogP contribution in [0.15, 0.2) is 12.1 Å². The van der Waals surface area contributed by atoms with Gasteiger partial charge in [-0.2, -0.15) is 11.8 Å². The molecule has 18 heavy (non-hydrogen) atoms. The summed E-state index contributed by atoms with van der Waals surface area (Å²) < 4.78 is 0. The molecular formula is C16H27NS. The topological polar surface area (TPSA) is 12.0 Å². The standard InChI is InChI=1S/C16H27NS/c1-11-9-12(2)16(13(3)10-11)15(5)17-14(4)7-8-18-6/h9-10,14-15,17H,7-8H2,1-6H3. The lowest BCUT2D eigenvalue weighted by atomic mass is 9.94. The molecule has 0 saturated heterocycles. The van der Waals surface area contributed by atoms with Gasteiger partial charge in [-0.15, -0.1) is 0 Å². The average molecular weight is 265 g/mol. The molecule has 0 heterocycles. The zero-order valence-corrected chi connectivity index (χ0v) is 13.4. The third-order valence-corrected chi connectivity index (χ3v) is 4.10. The van der Waals surface area contributed by atoms with Gasteiger partial charge < -0.3 is 5.32 Å². The number of hydrogen-bond donors (Lipinski definition) is 1. The highest BCUT2D eigenvalue weighted by atomic mass is 32.2. The first-order valence-electron chi connectivity index (χ1n) is 6.78. The predicted octanol–water partition coefficient (Wildman–Crippen LogP) is 4.40. The zero-order chi connectivity index (χ0) is 13.7. The molecule has 2 heteroatoms. The average Bonchev–Trinajstić information content (AvgIpc) is 2.24. The Bertz CT molecular complexity index is 364. The number of thioether (sulfide) groups is 1. The van der Waals surface area contributed by atoms with E-state index in [0.29, 0.717) is 12.1 Å². The van der Waals surface area contributed by atoms with Crippen LogP contribution in [-0.4, -0.2) is 18.1 Å². The molecule has 0 radical (unpaired) electrons. The lowest BCUT2D eigenvalue weighted by Crippen LogP contribution is -2.30. The van der Waals surface area contributed by atoms with Crippen molar-refractivity contribution >= 4 is 11.8 Å². The highest BCUT2D eigenvalue weighted by molar-refractivity contribution is 7.98. The smallest absolute Gasteiger partial charge is 0.0299 e. The Labute approximate surface area is 117 Å². The summed E-state index contributed by atoms with van der Waals surface area (Å²) in [5.74, 6) is 1.23. The summed E-state index contributed by atoms with van der Waals surface area (Å²) in [5.41, 5.74) is 5.64. The van der Waals surface area contributed by atoms with E-state index in [9.17, 15) is 0 Å².